The first-order valence-corrected chi connectivity index (χ1v) is 3.46. The Morgan fingerprint density at radius 2 is 1.77 bits per heavy atom. The molecule has 0 atom stereocenters. The fraction of sp³-hybridized carbons (Fsp3) is 0. The highest BCUT2D eigenvalue weighted by Gasteiger charge is 2.29. The van der Waals surface area contributed by atoms with Gasteiger partial charge in [-0.1, -0.05) is 0 Å². The van der Waals surface area contributed by atoms with E-state index in [-0.39, 0.29) is 16.8 Å². The molecule has 1 aromatic carbocycles. The van der Waals surface area contributed by atoms with Crippen LogP contribution in [-0.4, -0.2) is 11.9 Å². The Kier molecular flexibility index (Phi) is 1.45. The lowest BCUT2D eigenvalue weighted by Crippen LogP contribution is -1.96. The molecule has 0 N–H and O–H groups in total. The van der Waals surface area contributed by atoms with Crippen molar-refractivity contribution in [2.75, 3.05) is 0 Å². The van der Waals surface area contributed by atoms with Gasteiger partial charge in [-0.05, 0) is 23.4 Å². The van der Waals surface area contributed by atoms with Gasteiger partial charge < -0.3 is 4.74 Å². The highest BCUT2D eigenvalue weighted by atomic mass is 16.6. The summed E-state index contributed by atoms with van der Waals surface area (Å²) < 4.78 is 4.31. The molecule has 5 heteroatoms. The molecule has 0 aliphatic carbocycles. The average Bonchev–Trinajstić information content (AvgIpc) is 2.42. The average molecular weight is 177 g/mol. The van der Waals surface area contributed by atoms with Gasteiger partial charge in [0.25, 0.3) is 0 Å². The Labute approximate surface area is 72.3 Å². The predicted octanol–water partition coefficient (Wildman–Crippen LogP) is 1.40. The third-order valence-corrected chi connectivity index (χ3v) is 1.73. The molecule has 0 spiro atoms. The molecule has 0 fully saturated rings. The van der Waals surface area contributed by atoms with Gasteiger partial charge in [0.2, 0.25) is 0 Å². The van der Waals surface area contributed by atoms with Gasteiger partial charge in [0, 0.05) is 0 Å². The third-order valence-electron chi connectivity index (χ3n) is 1.73. The summed E-state index contributed by atoms with van der Waals surface area (Å²) in [6, 6.07) is 3.93. The molecule has 1 aliphatic heterocycles. The highest BCUT2D eigenvalue weighted by Crippen LogP contribution is 2.24. The lowest BCUT2D eigenvalue weighted by molar-refractivity contribution is 0.0444. The smallest absolute Gasteiger partial charge is 0.346 e. The maximum absolute atomic E-state index is 11.0. The second-order valence-corrected chi connectivity index (χ2v) is 2.50. The summed E-state index contributed by atoms with van der Waals surface area (Å²) in [5.74, 6) is -1.41. The van der Waals surface area contributed by atoms with Crippen LogP contribution in [-0.2, 0) is 4.74 Å². The summed E-state index contributed by atoms with van der Waals surface area (Å²) in [4.78, 5) is 32.0. The van der Waals surface area contributed by atoms with Crippen LogP contribution in [0.1, 0.15) is 20.7 Å². The van der Waals surface area contributed by atoms with Gasteiger partial charge in [0.05, 0.1) is 11.1 Å². The molecule has 0 bridgehead atoms. The van der Waals surface area contributed by atoms with Crippen LogP contribution in [0.3, 0.4) is 0 Å². The zero-order valence-corrected chi connectivity index (χ0v) is 6.31. The van der Waals surface area contributed by atoms with Crippen molar-refractivity contribution in [3.63, 3.8) is 0 Å². The van der Waals surface area contributed by atoms with E-state index in [4.69, 9.17) is 0 Å². The van der Waals surface area contributed by atoms with Gasteiger partial charge >= 0.3 is 11.9 Å². The number of benzene rings is 1. The molecule has 64 valence electrons. The molecule has 1 aliphatic rings. The molecule has 0 saturated heterocycles. The van der Waals surface area contributed by atoms with Crippen LogP contribution in [0.5, 0.6) is 0 Å². The van der Waals surface area contributed by atoms with Crippen molar-refractivity contribution in [2.45, 2.75) is 0 Å². The van der Waals surface area contributed by atoms with Crippen molar-refractivity contribution in [1.82, 2.24) is 0 Å². The number of rotatable bonds is 1. The van der Waals surface area contributed by atoms with Crippen molar-refractivity contribution < 1.29 is 14.3 Å². The quantitative estimate of drug-likeness (QED) is 0.369. The summed E-state index contributed by atoms with van der Waals surface area (Å²) in [7, 11) is 0. The summed E-state index contributed by atoms with van der Waals surface area (Å²) in [6.45, 7) is 0. The number of carbonyl (C=O) groups is 2. The first-order chi connectivity index (χ1) is 6.22. The maximum Gasteiger partial charge on any atom is 0.346 e. The van der Waals surface area contributed by atoms with Crippen molar-refractivity contribution in [1.29, 1.82) is 0 Å². The molecule has 2 rings (SSSR count). The topological polar surface area (TPSA) is 72.8 Å². The van der Waals surface area contributed by atoms with E-state index in [1.165, 1.54) is 18.2 Å². The standard InChI is InChI=1S/C8H3NO4/c10-7-5-2-1-4(9-12)3-6(5)8(11)13-7/h1-3H. The van der Waals surface area contributed by atoms with E-state index in [2.05, 4.69) is 9.91 Å². The minimum Gasteiger partial charge on any atom is -0.386 e. The Morgan fingerprint density at radius 3 is 2.46 bits per heavy atom. The van der Waals surface area contributed by atoms with E-state index in [0.717, 1.165) is 0 Å². The molecule has 1 aromatic rings. The number of hydrogen-bond donors (Lipinski definition) is 0. The van der Waals surface area contributed by atoms with Gasteiger partial charge in [-0.15, -0.1) is 4.91 Å². The molecule has 0 unspecified atom stereocenters. The van der Waals surface area contributed by atoms with Crippen molar-refractivity contribution in [3.8, 4) is 0 Å². The molecule has 1 heterocycles. The van der Waals surface area contributed by atoms with E-state index in [0.29, 0.717) is 0 Å². The van der Waals surface area contributed by atoms with Gasteiger partial charge in [0.1, 0.15) is 5.69 Å². The van der Waals surface area contributed by atoms with E-state index >= 15 is 0 Å². The first kappa shape index (κ1) is 7.60. The van der Waals surface area contributed by atoms with Gasteiger partial charge in [0.15, 0.2) is 0 Å². The fourth-order valence-electron chi connectivity index (χ4n) is 1.13. The molecular weight excluding hydrogens is 174 g/mol. The summed E-state index contributed by atoms with van der Waals surface area (Å²) in [5.41, 5.74) is 0.380. The molecule has 0 aromatic heterocycles. The van der Waals surface area contributed by atoms with E-state index in [1.54, 1.807) is 0 Å². The Bertz CT molecular complexity index is 424. The van der Waals surface area contributed by atoms with Crippen LogP contribution < -0.4 is 0 Å². The predicted molar refractivity (Wildman–Crippen MR) is 41.6 cm³/mol. The normalized spacial score (nSPS) is 13.8. The summed E-state index contributed by atoms with van der Waals surface area (Å²) in [5, 5.41) is 2.64. The van der Waals surface area contributed by atoms with Crippen LogP contribution in [0.2, 0.25) is 0 Å². The van der Waals surface area contributed by atoms with Crippen LogP contribution in [0.15, 0.2) is 23.4 Å². The Morgan fingerprint density at radius 1 is 1.08 bits per heavy atom. The van der Waals surface area contributed by atoms with Crippen molar-refractivity contribution in [2.24, 2.45) is 5.18 Å². The van der Waals surface area contributed by atoms with Crippen LogP contribution >= 0.6 is 0 Å². The van der Waals surface area contributed by atoms with E-state index in [1.807, 2.05) is 0 Å². The van der Waals surface area contributed by atoms with E-state index < -0.39 is 11.9 Å². The molecule has 5 nitrogen and oxygen atoms in total. The molecule has 0 radical (unpaired) electrons. The number of nitrogens with zero attached hydrogens (tertiary/aromatic N) is 1. The Balaban J connectivity index is 2.64. The first-order valence-electron chi connectivity index (χ1n) is 3.46. The van der Waals surface area contributed by atoms with Gasteiger partial charge in [-0.3, -0.25) is 0 Å². The maximum atomic E-state index is 11.0. The number of ether oxygens (including phenoxy) is 1. The zero-order valence-electron chi connectivity index (χ0n) is 6.31. The molecule has 0 amide bonds. The zero-order chi connectivity index (χ0) is 9.42. The highest BCUT2D eigenvalue weighted by molar-refractivity contribution is 6.15. The number of nitroso groups, excluding NO2 is 1. The fourth-order valence-corrected chi connectivity index (χ4v) is 1.13. The van der Waals surface area contributed by atoms with Crippen molar-refractivity contribution >= 4 is 17.6 Å². The minimum absolute atomic E-state index is 0.0992. The minimum atomic E-state index is -0.731. The van der Waals surface area contributed by atoms with Gasteiger partial charge in [-0.2, -0.15) is 0 Å². The number of fused-ring (bicyclic) bond motifs is 1. The largest absolute Gasteiger partial charge is 0.386 e. The molecule has 13 heavy (non-hydrogen) atoms. The van der Waals surface area contributed by atoms with Crippen LogP contribution in [0, 0.1) is 4.91 Å². The summed E-state index contributed by atoms with van der Waals surface area (Å²) >= 11 is 0. The van der Waals surface area contributed by atoms with Crippen LogP contribution in [0.25, 0.3) is 0 Å². The Hall–Kier alpha value is -2.04. The number of carbonyl (C=O) groups excluding carboxylic acids is 2. The van der Waals surface area contributed by atoms with E-state index in [9.17, 15) is 14.5 Å². The van der Waals surface area contributed by atoms with Crippen LogP contribution in [0.4, 0.5) is 5.69 Å². The number of hydrogen-bond acceptors (Lipinski definition) is 5. The second-order valence-electron chi connectivity index (χ2n) is 2.50. The molecular formula is C8H3NO4. The monoisotopic (exact) mass is 177 g/mol. The lowest BCUT2D eigenvalue weighted by atomic mass is 10.1. The second kappa shape index (κ2) is 2.48. The molecule has 0 saturated carbocycles. The summed E-state index contributed by atoms with van der Waals surface area (Å²) in [6.07, 6.45) is 0. The number of esters is 2. The van der Waals surface area contributed by atoms with Crippen molar-refractivity contribution in [3.05, 3.63) is 34.2 Å². The third kappa shape index (κ3) is 1.01. The SMILES string of the molecule is O=Nc1ccc2c(c1)C(=O)OC2=O. The van der Waals surface area contributed by atoms with Gasteiger partial charge in [-0.25, -0.2) is 9.59 Å². The number of cyclic esters (lactones) is 2. The lowest BCUT2D eigenvalue weighted by Gasteiger charge is -1.90.